The Kier molecular flexibility index (Phi) is 8.50. The minimum atomic E-state index is -3.52. The first-order valence-electron chi connectivity index (χ1n) is 6.31. The lowest BCUT2D eigenvalue weighted by molar-refractivity contribution is 0.0526. The molecule has 1 N–H and O–H groups in total. The summed E-state index contributed by atoms with van der Waals surface area (Å²) in [5, 5.41) is 2.89. The number of carbonyl (C=O) groups is 1. The van der Waals surface area contributed by atoms with Crippen LogP contribution in [0.15, 0.2) is 29.2 Å². The molecule has 0 aliphatic carbocycles. The van der Waals surface area contributed by atoms with E-state index in [4.69, 9.17) is 4.74 Å². The van der Waals surface area contributed by atoms with Crippen molar-refractivity contribution in [3.8, 4) is 0 Å². The summed E-state index contributed by atoms with van der Waals surface area (Å²) in [6, 6.07) is 5.74. The summed E-state index contributed by atoms with van der Waals surface area (Å²) in [4.78, 5) is 11.6. The fourth-order valence-electron chi connectivity index (χ4n) is 1.55. The highest BCUT2D eigenvalue weighted by atomic mass is 35.5. The summed E-state index contributed by atoms with van der Waals surface area (Å²) in [6.45, 7) is 2.94. The van der Waals surface area contributed by atoms with Gasteiger partial charge in [0, 0.05) is 20.1 Å². The van der Waals surface area contributed by atoms with Crippen molar-refractivity contribution < 1.29 is 17.9 Å². The van der Waals surface area contributed by atoms with Gasteiger partial charge >= 0.3 is 5.97 Å². The number of sulfonamides is 1. The van der Waals surface area contributed by atoms with Crippen molar-refractivity contribution in [3.63, 3.8) is 0 Å². The maximum Gasteiger partial charge on any atom is 0.338 e. The normalized spacial score (nSPS) is 11.0. The smallest absolute Gasteiger partial charge is 0.338 e. The summed E-state index contributed by atoms with van der Waals surface area (Å²) in [6.07, 6.45) is 0. The fourth-order valence-corrected chi connectivity index (χ4v) is 2.72. The van der Waals surface area contributed by atoms with Crippen LogP contribution < -0.4 is 5.32 Å². The molecule has 120 valence electrons. The number of rotatable bonds is 7. The average molecular weight is 337 g/mol. The number of carbonyl (C=O) groups excluding carboxylic acids is 1. The molecule has 1 rings (SSSR count). The van der Waals surface area contributed by atoms with E-state index in [2.05, 4.69) is 5.32 Å². The lowest BCUT2D eigenvalue weighted by Crippen LogP contribution is -2.32. The molecule has 6 nitrogen and oxygen atoms in total. The van der Waals surface area contributed by atoms with Gasteiger partial charge in [-0.25, -0.2) is 13.2 Å². The van der Waals surface area contributed by atoms with E-state index in [1.807, 2.05) is 0 Å². The molecule has 0 saturated heterocycles. The van der Waals surface area contributed by atoms with Crippen molar-refractivity contribution in [1.29, 1.82) is 0 Å². The van der Waals surface area contributed by atoms with Gasteiger partial charge < -0.3 is 10.1 Å². The fraction of sp³-hybridized carbons (Fsp3) is 0.462. The largest absolute Gasteiger partial charge is 0.462 e. The molecule has 0 saturated carbocycles. The van der Waals surface area contributed by atoms with Gasteiger partial charge in [-0.1, -0.05) is 0 Å². The monoisotopic (exact) mass is 336 g/mol. The number of hydrogen-bond donors (Lipinski definition) is 1. The number of benzene rings is 1. The van der Waals surface area contributed by atoms with Gasteiger partial charge in [-0.2, -0.15) is 4.31 Å². The molecule has 0 unspecified atom stereocenters. The van der Waals surface area contributed by atoms with E-state index < -0.39 is 16.0 Å². The highest BCUT2D eigenvalue weighted by Gasteiger charge is 2.20. The van der Waals surface area contributed by atoms with Crippen LogP contribution in [0.4, 0.5) is 0 Å². The summed E-state index contributed by atoms with van der Waals surface area (Å²) < 4.78 is 30.6. The Morgan fingerprint density at radius 2 is 1.86 bits per heavy atom. The Labute approximate surface area is 131 Å². The molecule has 0 amide bonds. The summed E-state index contributed by atoms with van der Waals surface area (Å²) >= 11 is 0. The molecule has 0 aliphatic heterocycles. The zero-order valence-corrected chi connectivity index (χ0v) is 14.0. The minimum absolute atomic E-state index is 0. The van der Waals surface area contributed by atoms with Crippen molar-refractivity contribution in [2.45, 2.75) is 11.8 Å². The third-order valence-electron chi connectivity index (χ3n) is 2.75. The number of nitrogens with zero attached hydrogens (tertiary/aromatic N) is 1. The van der Waals surface area contributed by atoms with Crippen LogP contribution in [0.3, 0.4) is 0 Å². The Balaban J connectivity index is 0.00000400. The van der Waals surface area contributed by atoms with Gasteiger partial charge in [0.2, 0.25) is 10.0 Å². The van der Waals surface area contributed by atoms with Crippen LogP contribution in [0.2, 0.25) is 0 Å². The Hall–Kier alpha value is -1.15. The maximum absolute atomic E-state index is 12.2. The standard InChI is InChI=1S/C13H20N2O4S.ClH/c1-4-19-13(16)11-5-7-12(8-6-11)20(17,18)15(3)10-9-14-2;/h5-8,14H,4,9-10H2,1-3H3;1H. The van der Waals surface area contributed by atoms with E-state index >= 15 is 0 Å². The average Bonchev–Trinajstić information content (AvgIpc) is 2.45. The second-order valence-electron chi connectivity index (χ2n) is 4.17. The van der Waals surface area contributed by atoms with Gasteiger partial charge in [0.15, 0.2) is 0 Å². The molecule has 0 fully saturated rings. The summed E-state index contributed by atoms with van der Waals surface area (Å²) in [5.74, 6) is -0.458. The molecule has 0 radical (unpaired) electrons. The molecule has 1 aromatic carbocycles. The van der Waals surface area contributed by atoms with Gasteiger partial charge in [-0.05, 0) is 38.2 Å². The molecule has 1 aromatic rings. The first kappa shape index (κ1) is 19.9. The quantitative estimate of drug-likeness (QED) is 0.755. The van der Waals surface area contributed by atoms with Crippen LogP contribution in [0.1, 0.15) is 17.3 Å². The van der Waals surface area contributed by atoms with Crippen molar-refractivity contribution in [1.82, 2.24) is 9.62 Å². The molecule has 0 aliphatic rings. The summed E-state index contributed by atoms with van der Waals surface area (Å²) in [7, 11) is -0.246. The molecule has 0 bridgehead atoms. The van der Waals surface area contributed by atoms with E-state index in [1.165, 1.54) is 35.6 Å². The highest BCUT2D eigenvalue weighted by Crippen LogP contribution is 2.15. The Morgan fingerprint density at radius 1 is 1.29 bits per heavy atom. The van der Waals surface area contributed by atoms with Crippen molar-refractivity contribution in [2.24, 2.45) is 0 Å². The van der Waals surface area contributed by atoms with Crippen LogP contribution >= 0.6 is 12.4 Å². The molecule has 0 heterocycles. The molecule has 0 aromatic heterocycles. The second-order valence-corrected chi connectivity index (χ2v) is 6.22. The van der Waals surface area contributed by atoms with E-state index in [-0.39, 0.29) is 23.9 Å². The predicted octanol–water partition coefficient (Wildman–Crippen LogP) is 1.13. The SMILES string of the molecule is CCOC(=O)c1ccc(S(=O)(=O)N(C)CCNC)cc1.Cl. The Bertz CT molecular complexity index is 546. The maximum atomic E-state index is 12.2. The van der Waals surface area contributed by atoms with Crippen molar-refractivity contribution >= 4 is 28.4 Å². The van der Waals surface area contributed by atoms with Crippen LogP contribution in [0.5, 0.6) is 0 Å². The lowest BCUT2D eigenvalue weighted by atomic mass is 10.2. The number of ether oxygens (including phenoxy) is 1. The van der Waals surface area contributed by atoms with Gasteiger partial charge in [0.25, 0.3) is 0 Å². The molecule has 8 heteroatoms. The van der Waals surface area contributed by atoms with Crippen LogP contribution in [0.25, 0.3) is 0 Å². The lowest BCUT2D eigenvalue weighted by Gasteiger charge is -2.17. The number of likely N-dealkylation sites (N-methyl/N-ethyl adjacent to an activating group) is 2. The molecular weight excluding hydrogens is 316 g/mol. The zero-order chi connectivity index (χ0) is 15.2. The van der Waals surface area contributed by atoms with E-state index in [1.54, 1.807) is 14.0 Å². The van der Waals surface area contributed by atoms with Gasteiger partial charge in [0.05, 0.1) is 17.1 Å². The second kappa shape index (κ2) is 8.99. The topological polar surface area (TPSA) is 75.7 Å². The van der Waals surface area contributed by atoms with E-state index in [0.29, 0.717) is 18.7 Å². The highest BCUT2D eigenvalue weighted by molar-refractivity contribution is 7.89. The van der Waals surface area contributed by atoms with Gasteiger partial charge in [0.1, 0.15) is 0 Å². The Morgan fingerprint density at radius 3 is 2.33 bits per heavy atom. The molecular formula is C13H21ClN2O4S. The van der Waals surface area contributed by atoms with Crippen molar-refractivity contribution in [2.75, 3.05) is 33.8 Å². The number of hydrogen-bond acceptors (Lipinski definition) is 5. The number of nitrogens with one attached hydrogen (secondary N) is 1. The van der Waals surface area contributed by atoms with Crippen molar-refractivity contribution in [3.05, 3.63) is 29.8 Å². The third-order valence-corrected chi connectivity index (χ3v) is 4.62. The molecule has 0 atom stereocenters. The first-order chi connectivity index (χ1) is 9.43. The van der Waals surface area contributed by atoms with Crippen LogP contribution in [-0.4, -0.2) is 52.5 Å². The summed E-state index contributed by atoms with van der Waals surface area (Å²) in [5.41, 5.74) is 0.337. The van der Waals surface area contributed by atoms with E-state index in [0.717, 1.165) is 0 Å². The first-order valence-corrected chi connectivity index (χ1v) is 7.75. The number of halogens is 1. The number of esters is 1. The minimum Gasteiger partial charge on any atom is -0.462 e. The molecule has 0 spiro atoms. The third kappa shape index (κ3) is 5.28. The predicted molar refractivity (Wildman–Crippen MR) is 83.4 cm³/mol. The zero-order valence-electron chi connectivity index (χ0n) is 12.3. The molecule has 21 heavy (non-hydrogen) atoms. The van der Waals surface area contributed by atoms with E-state index in [9.17, 15) is 13.2 Å². The van der Waals surface area contributed by atoms with Gasteiger partial charge in [-0.3, -0.25) is 0 Å². The van der Waals surface area contributed by atoms with Crippen LogP contribution in [0, 0.1) is 0 Å². The van der Waals surface area contributed by atoms with Gasteiger partial charge in [-0.15, -0.1) is 12.4 Å². The van der Waals surface area contributed by atoms with Crippen LogP contribution in [-0.2, 0) is 14.8 Å².